The van der Waals surface area contributed by atoms with Crippen LogP contribution in [0.5, 0.6) is 0 Å². The van der Waals surface area contributed by atoms with Gasteiger partial charge >= 0.3 is 0 Å². The van der Waals surface area contributed by atoms with E-state index >= 15 is 0 Å². The normalized spacial score (nSPS) is 19.6. The van der Waals surface area contributed by atoms with Crippen LogP contribution in [-0.2, 0) is 11.3 Å². The summed E-state index contributed by atoms with van der Waals surface area (Å²) in [7, 11) is 0. The van der Waals surface area contributed by atoms with Gasteiger partial charge in [0, 0.05) is 69.9 Å². The summed E-state index contributed by atoms with van der Waals surface area (Å²) >= 11 is 0. The molecule has 11 nitrogen and oxygen atoms in total. The highest BCUT2D eigenvalue weighted by Crippen LogP contribution is 2.36. The van der Waals surface area contributed by atoms with E-state index < -0.39 is 11.8 Å². The second-order valence-electron chi connectivity index (χ2n) is 11.6. The van der Waals surface area contributed by atoms with Crippen molar-refractivity contribution in [1.82, 2.24) is 24.4 Å². The molecule has 1 unspecified atom stereocenters. The topological polar surface area (TPSA) is 116 Å². The van der Waals surface area contributed by atoms with E-state index in [-0.39, 0.29) is 24.9 Å². The number of hydrogen-bond acceptors (Lipinski definition) is 8. The van der Waals surface area contributed by atoms with E-state index in [4.69, 9.17) is 4.74 Å². The Labute approximate surface area is 237 Å². The number of aliphatic hydroxyl groups is 1. The van der Waals surface area contributed by atoms with Crippen molar-refractivity contribution in [2.45, 2.75) is 51.0 Å². The summed E-state index contributed by atoms with van der Waals surface area (Å²) in [6.45, 7) is 7.55. The molecule has 2 aromatic heterocycles. The molecule has 5 heterocycles. The van der Waals surface area contributed by atoms with Gasteiger partial charge in [0.25, 0.3) is 11.8 Å². The molecule has 218 valence electrons. The maximum atomic E-state index is 14.7. The molecule has 0 aliphatic carbocycles. The fourth-order valence-corrected chi connectivity index (χ4v) is 5.89. The van der Waals surface area contributed by atoms with Crippen LogP contribution in [0.25, 0.3) is 5.65 Å². The molecular weight excluding hydrogens is 529 g/mol. The third-order valence-electron chi connectivity index (χ3n) is 8.38. The summed E-state index contributed by atoms with van der Waals surface area (Å²) < 4.78 is 21.8. The Bertz CT molecular complexity index is 1440. The highest BCUT2D eigenvalue weighted by atomic mass is 19.1. The molecule has 41 heavy (non-hydrogen) atoms. The quantitative estimate of drug-likeness (QED) is 0.449. The van der Waals surface area contributed by atoms with Gasteiger partial charge in [0.1, 0.15) is 11.7 Å². The van der Waals surface area contributed by atoms with Gasteiger partial charge in [0.05, 0.1) is 29.7 Å². The van der Waals surface area contributed by atoms with Crippen LogP contribution in [0.2, 0.25) is 0 Å². The van der Waals surface area contributed by atoms with Gasteiger partial charge < -0.3 is 25.0 Å². The van der Waals surface area contributed by atoms with Crippen LogP contribution in [0, 0.1) is 0 Å². The number of nitrogens with one attached hydrogen (secondary N) is 1. The van der Waals surface area contributed by atoms with Gasteiger partial charge in [-0.1, -0.05) is 0 Å². The molecule has 2 amide bonds. The van der Waals surface area contributed by atoms with Crippen molar-refractivity contribution in [3.8, 4) is 0 Å². The van der Waals surface area contributed by atoms with Gasteiger partial charge in [-0.25, -0.2) is 13.9 Å². The molecule has 3 aliphatic rings. The molecule has 2 saturated heterocycles. The minimum Gasteiger partial charge on any atom is -0.387 e. The second-order valence-corrected chi connectivity index (χ2v) is 11.6. The fraction of sp³-hybridized carbons (Fsp3) is 0.517. The number of rotatable bonds is 7. The largest absolute Gasteiger partial charge is 0.387 e. The van der Waals surface area contributed by atoms with Crippen LogP contribution in [-0.4, -0.2) is 105 Å². The van der Waals surface area contributed by atoms with E-state index in [1.807, 2.05) is 12.1 Å². The van der Waals surface area contributed by atoms with Crippen molar-refractivity contribution in [1.29, 1.82) is 0 Å². The van der Waals surface area contributed by atoms with E-state index in [9.17, 15) is 19.1 Å². The summed E-state index contributed by atoms with van der Waals surface area (Å²) in [6.07, 6.45) is 5.28. The third kappa shape index (κ3) is 5.51. The molecule has 6 rings (SSSR count). The summed E-state index contributed by atoms with van der Waals surface area (Å²) in [5.74, 6) is -0.633. The van der Waals surface area contributed by atoms with Gasteiger partial charge in [-0.3, -0.25) is 14.5 Å². The van der Waals surface area contributed by atoms with E-state index in [0.29, 0.717) is 34.1 Å². The van der Waals surface area contributed by atoms with Gasteiger partial charge in [-0.15, -0.1) is 0 Å². The zero-order valence-corrected chi connectivity index (χ0v) is 23.4. The van der Waals surface area contributed by atoms with Crippen molar-refractivity contribution >= 4 is 28.8 Å². The van der Waals surface area contributed by atoms with E-state index in [0.717, 1.165) is 57.9 Å². The Kier molecular flexibility index (Phi) is 7.39. The van der Waals surface area contributed by atoms with Crippen LogP contribution in [0.4, 0.5) is 15.8 Å². The number of nitrogens with zero attached hydrogens (tertiary/aromatic N) is 6. The third-order valence-corrected chi connectivity index (χ3v) is 8.38. The Morgan fingerprint density at radius 3 is 2.71 bits per heavy atom. The molecule has 3 aromatic rings. The van der Waals surface area contributed by atoms with Crippen LogP contribution in [0.1, 0.15) is 53.0 Å². The van der Waals surface area contributed by atoms with Crippen LogP contribution in [0.3, 0.4) is 0 Å². The van der Waals surface area contributed by atoms with E-state index in [1.54, 1.807) is 23.0 Å². The SMILES string of the molecule is CC(C)(O)C(F)CN1Cc2cc(NC(=O)c3cnn4cccnc34)c(N3CCN(C4CCOCC4)CC3)cc2C1=O. The number of hydrogen-bond donors (Lipinski definition) is 2. The smallest absolute Gasteiger partial charge is 0.261 e. The van der Waals surface area contributed by atoms with E-state index in [2.05, 4.69) is 25.2 Å². The van der Waals surface area contributed by atoms with Crippen LogP contribution in [0.15, 0.2) is 36.8 Å². The van der Waals surface area contributed by atoms with Gasteiger partial charge in [-0.2, -0.15) is 5.10 Å². The number of halogens is 1. The number of alkyl halides is 1. The minimum absolute atomic E-state index is 0.198. The Balaban J connectivity index is 1.28. The van der Waals surface area contributed by atoms with Crippen molar-refractivity contribution in [3.05, 3.63) is 53.5 Å². The molecule has 1 atom stereocenters. The number of fused-ring (bicyclic) bond motifs is 2. The summed E-state index contributed by atoms with van der Waals surface area (Å²) in [4.78, 5) is 37.2. The number of benzene rings is 1. The summed E-state index contributed by atoms with van der Waals surface area (Å²) in [5, 5.41) is 17.4. The van der Waals surface area contributed by atoms with Crippen LogP contribution >= 0.6 is 0 Å². The molecule has 2 N–H and O–H groups in total. The standard InChI is InChI=1S/C29H36FN7O4/c1-29(2,40)25(30)18-36-17-19-14-23(33-27(38)22-16-32-37-7-3-6-31-26(22)37)24(15-21(19)28(36)39)35-10-8-34(9-11-35)20-4-12-41-13-5-20/h3,6-7,14-16,20,25,40H,4-5,8-13,17-18H2,1-2H3,(H,33,38). The maximum absolute atomic E-state index is 14.7. The average Bonchev–Trinajstić information content (AvgIpc) is 3.53. The highest BCUT2D eigenvalue weighted by molar-refractivity contribution is 6.10. The second kappa shape index (κ2) is 11.0. The lowest BCUT2D eigenvalue weighted by atomic mass is 10.0. The predicted molar refractivity (Wildman–Crippen MR) is 151 cm³/mol. The predicted octanol–water partition coefficient (Wildman–Crippen LogP) is 2.35. The average molecular weight is 566 g/mol. The number of carbonyl (C=O) groups excluding carboxylic acids is 2. The molecule has 0 radical (unpaired) electrons. The van der Waals surface area contributed by atoms with Gasteiger partial charge in [0.2, 0.25) is 0 Å². The van der Waals surface area contributed by atoms with E-state index in [1.165, 1.54) is 24.9 Å². The van der Waals surface area contributed by atoms with Crippen molar-refractivity contribution < 1.29 is 23.8 Å². The number of amides is 2. The number of aromatic nitrogens is 3. The zero-order chi connectivity index (χ0) is 28.7. The molecule has 0 spiro atoms. The maximum Gasteiger partial charge on any atom is 0.261 e. The monoisotopic (exact) mass is 565 g/mol. The number of piperazine rings is 1. The molecule has 3 aliphatic heterocycles. The fourth-order valence-electron chi connectivity index (χ4n) is 5.89. The van der Waals surface area contributed by atoms with Gasteiger partial charge in [0.15, 0.2) is 5.65 Å². The Hall–Kier alpha value is -3.61. The lowest BCUT2D eigenvalue weighted by Crippen LogP contribution is -2.51. The highest BCUT2D eigenvalue weighted by Gasteiger charge is 2.36. The lowest BCUT2D eigenvalue weighted by molar-refractivity contribution is -0.0159. The first-order chi connectivity index (χ1) is 19.7. The number of anilines is 2. The van der Waals surface area contributed by atoms with Crippen molar-refractivity contribution in [2.24, 2.45) is 0 Å². The first kappa shape index (κ1) is 27.6. The first-order valence-electron chi connectivity index (χ1n) is 14.2. The van der Waals surface area contributed by atoms with Crippen molar-refractivity contribution in [2.75, 3.05) is 56.2 Å². The molecule has 12 heteroatoms. The first-order valence-corrected chi connectivity index (χ1v) is 14.2. The van der Waals surface area contributed by atoms with Crippen LogP contribution < -0.4 is 10.2 Å². The lowest BCUT2D eigenvalue weighted by Gasteiger charge is -2.42. The molecule has 0 saturated carbocycles. The van der Waals surface area contributed by atoms with Crippen molar-refractivity contribution in [3.63, 3.8) is 0 Å². The molecule has 0 bridgehead atoms. The molecule has 1 aromatic carbocycles. The summed E-state index contributed by atoms with van der Waals surface area (Å²) in [5.41, 5.74) is 1.75. The molecular formula is C29H36FN7O4. The minimum atomic E-state index is -1.60. The zero-order valence-electron chi connectivity index (χ0n) is 23.4. The van der Waals surface area contributed by atoms with Gasteiger partial charge in [-0.05, 0) is 50.5 Å². The molecule has 2 fully saturated rings. The number of carbonyl (C=O) groups is 2. The Morgan fingerprint density at radius 1 is 1.22 bits per heavy atom. The number of ether oxygens (including phenoxy) is 1. The Morgan fingerprint density at radius 2 is 1.98 bits per heavy atom. The summed E-state index contributed by atoms with van der Waals surface area (Å²) in [6, 6.07) is 5.89.